The summed E-state index contributed by atoms with van der Waals surface area (Å²) in [4.78, 5) is 11.5. The van der Waals surface area contributed by atoms with E-state index >= 15 is 0 Å². The Bertz CT molecular complexity index is 1080. The second kappa shape index (κ2) is 5.39. The number of H-pyrrole nitrogens is 1. The Hall–Kier alpha value is -3.45. The van der Waals surface area contributed by atoms with Crippen molar-refractivity contribution in [3.05, 3.63) is 72.3 Å². The van der Waals surface area contributed by atoms with Gasteiger partial charge in [0.1, 0.15) is 5.65 Å². The number of allylic oxidation sites excluding steroid dienone is 1. The zero-order chi connectivity index (χ0) is 15.6. The highest BCUT2D eigenvalue weighted by atomic mass is 14.8. The van der Waals surface area contributed by atoms with Crippen LogP contribution in [-0.2, 0) is 0 Å². The first-order valence-corrected chi connectivity index (χ1v) is 7.24. The number of nitrogens with zero attached hydrogens (tertiary/aromatic N) is 3. The van der Waals surface area contributed by atoms with Crippen molar-refractivity contribution in [3.8, 4) is 6.07 Å². The van der Waals surface area contributed by atoms with Crippen molar-refractivity contribution < 1.29 is 0 Å². The lowest BCUT2D eigenvalue weighted by atomic mass is 10.0. The molecule has 3 aromatic heterocycles. The SMILES string of the molecule is N#C/C(=C\c1cccc2cnccc12)c1c[nH]c2ncccc12. The summed E-state index contributed by atoms with van der Waals surface area (Å²) in [6.07, 6.45) is 9.07. The summed E-state index contributed by atoms with van der Waals surface area (Å²) >= 11 is 0. The summed E-state index contributed by atoms with van der Waals surface area (Å²) in [5.41, 5.74) is 3.25. The van der Waals surface area contributed by atoms with Gasteiger partial charge in [0.15, 0.2) is 0 Å². The molecule has 4 rings (SSSR count). The topological polar surface area (TPSA) is 65.4 Å². The maximum atomic E-state index is 9.63. The van der Waals surface area contributed by atoms with E-state index in [4.69, 9.17) is 0 Å². The molecule has 0 aliphatic carbocycles. The third-order valence-corrected chi connectivity index (χ3v) is 3.88. The van der Waals surface area contributed by atoms with Crippen molar-refractivity contribution in [1.29, 1.82) is 5.26 Å². The van der Waals surface area contributed by atoms with Gasteiger partial charge in [-0.15, -0.1) is 0 Å². The number of fused-ring (bicyclic) bond motifs is 2. The van der Waals surface area contributed by atoms with E-state index in [0.29, 0.717) is 5.57 Å². The quantitative estimate of drug-likeness (QED) is 0.564. The minimum Gasteiger partial charge on any atom is -0.345 e. The number of nitriles is 1. The minimum absolute atomic E-state index is 0.605. The third-order valence-electron chi connectivity index (χ3n) is 3.88. The molecule has 0 saturated heterocycles. The lowest BCUT2D eigenvalue weighted by molar-refractivity contribution is 1.32. The van der Waals surface area contributed by atoms with Gasteiger partial charge in [0, 0.05) is 41.1 Å². The first-order chi connectivity index (χ1) is 11.4. The molecule has 0 fully saturated rings. The van der Waals surface area contributed by atoms with Crippen LogP contribution in [0.5, 0.6) is 0 Å². The smallest absolute Gasteiger partial charge is 0.137 e. The molecule has 4 heteroatoms. The van der Waals surface area contributed by atoms with Gasteiger partial charge < -0.3 is 4.98 Å². The number of benzene rings is 1. The number of nitrogens with one attached hydrogen (secondary N) is 1. The Labute approximate surface area is 132 Å². The standard InChI is InChI=1S/C19H12N4/c20-10-15(18-12-23-19-17(18)5-2-7-22-19)9-13-3-1-4-14-11-21-8-6-16(13)14/h1-9,11-12H,(H,22,23)/b15-9+. The third kappa shape index (κ3) is 2.25. The monoisotopic (exact) mass is 296 g/mol. The van der Waals surface area contributed by atoms with Crippen LogP contribution >= 0.6 is 0 Å². The van der Waals surface area contributed by atoms with Crippen LogP contribution in [0.15, 0.2) is 61.2 Å². The molecule has 108 valence electrons. The van der Waals surface area contributed by atoms with Crippen LogP contribution < -0.4 is 0 Å². The molecule has 0 spiro atoms. The van der Waals surface area contributed by atoms with Crippen LogP contribution in [0.4, 0.5) is 0 Å². The Morgan fingerprint density at radius 3 is 2.96 bits per heavy atom. The fourth-order valence-electron chi connectivity index (χ4n) is 2.78. The van der Waals surface area contributed by atoms with Crippen molar-refractivity contribution in [2.75, 3.05) is 0 Å². The molecule has 0 amide bonds. The highest BCUT2D eigenvalue weighted by Crippen LogP contribution is 2.27. The molecule has 0 unspecified atom stereocenters. The Morgan fingerprint density at radius 2 is 2.04 bits per heavy atom. The van der Waals surface area contributed by atoms with Crippen LogP contribution in [0.3, 0.4) is 0 Å². The van der Waals surface area contributed by atoms with E-state index in [1.165, 1.54) is 0 Å². The molecular weight excluding hydrogens is 284 g/mol. The van der Waals surface area contributed by atoms with E-state index < -0.39 is 0 Å². The predicted molar refractivity (Wildman–Crippen MR) is 91.3 cm³/mol. The Morgan fingerprint density at radius 1 is 1.09 bits per heavy atom. The van der Waals surface area contributed by atoms with Crippen molar-refractivity contribution in [2.24, 2.45) is 0 Å². The summed E-state index contributed by atoms with van der Waals surface area (Å²) in [5.74, 6) is 0. The number of hydrogen-bond acceptors (Lipinski definition) is 3. The van der Waals surface area contributed by atoms with Crippen molar-refractivity contribution in [3.63, 3.8) is 0 Å². The number of rotatable bonds is 2. The summed E-state index contributed by atoms with van der Waals surface area (Å²) in [5, 5.41) is 12.7. The maximum absolute atomic E-state index is 9.63. The van der Waals surface area contributed by atoms with Gasteiger partial charge in [0.25, 0.3) is 0 Å². The average molecular weight is 296 g/mol. The van der Waals surface area contributed by atoms with Crippen molar-refractivity contribution >= 4 is 33.5 Å². The van der Waals surface area contributed by atoms with E-state index in [2.05, 4.69) is 21.0 Å². The number of hydrogen-bond donors (Lipinski definition) is 1. The Balaban J connectivity index is 1.93. The second-order valence-corrected chi connectivity index (χ2v) is 5.22. The minimum atomic E-state index is 0.605. The molecule has 0 saturated carbocycles. The molecule has 0 atom stereocenters. The molecule has 4 aromatic rings. The molecule has 0 bridgehead atoms. The molecule has 1 aromatic carbocycles. The van der Waals surface area contributed by atoms with Gasteiger partial charge in [-0.25, -0.2) is 4.98 Å². The highest BCUT2D eigenvalue weighted by molar-refractivity contribution is 6.03. The molecule has 23 heavy (non-hydrogen) atoms. The summed E-state index contributed by atoms with van der Waals surface area (Å²) in [7, 11) is 0. The van der Waals surface area contributed by atoms with Gasteiger partial charge in [-0.3, -0.25) is 4.98 Å². The number of aromatic nitrogens is 3. The van der Waals surface area contributed by atoms with Gasteiger partial charge in [-0.05, 0) is 35.2 Å². The molecule has 4 nitrogen and oxygen atoms in total. The molecule has 0 radical (unpaired) electrons. The van der Waals surface area contributed by atoms with Gasteiger partial charge in [0.2, 0.25) is 0 Å². The number of pyridine rings is 2. The summed E-state index contributed by atoms with van der Waals surface area (Å²) in [6, 6.07) is 14.1. The number of aromatic amines is 1. The lowest BCUT2D eigenvalue weighted by Gasteiger charge is -2.03. The zero-order valence-corrected chi connectivity index (χ0v) is 12.2. The fourth-order valence-corrected chi connectivity index (χ4v) is 2.78. The molecule has 3 heterocycles. The van der Waals surface area contributed by atoms with Crippen LogP contribution in [0.1, 0.15) is 11.1 Å². The summed E-state index contributed by atoms with van der Waals surface area (Å²) in [6.45, 7) is 0. The van der Waals surface area contributed by atoms with Crippen LogP contribution in [0.25, 0.3) is 33.5 Å². The van der Waals surface area contributed by atoms with E-state index in [1.807, 2.05) is 54.9 Å². The summed E-state index contributed by atoms with van der Waals surface area (Å²) < 4.78 is 0. The lowest BCUT2D eigenvalue weighted by Crippen LogP contribution is -1.83. The molecular formula is C19H12N4. The van der Waals surface area contributed by atoms with Gasteiger partial charge in [-0.1, -0.05) is 18.2 Å². The zero-order valence-electron chi connectivity index (χ0n) is 12.2. The van der Waals surface area contributed by atoms with Crippen LogP contribution in [0, 0.1) is 11.3 Å². The van der Waals surface area contributed by atoms with Crippen molar-refractivity contribution in [1.82, 2.24) is 15.0 Å². The molecule has 1 N–H and O–H groups in total. The molecule has 0 aliphatic rings. The average Bonchev–Trinajstić information content (AvgIpc) is 3.04. The van der Waals surface area contributed by atoms with Crippen LogP contribution in [-0.4, -0.2) is 15.0 Å². The van der Waals surface area contributed by atoms with Gasteiger partial charge in [-0.2, -0.15) is 5.26 Å². The largest absolute Gasteiger partial charge is 0.345 e. The van der Waals surface area contributed by atoms with Gasteiger partial charge in [0.05, 0.1) is 11.6 Å². The highest BCUT2D eigenvalue weighted by Gasteiger charge is 2.09. The van der Waals surface area contributed by atoms with E-state index in [0.717, 1.165) is 32.9 Å². The first-order valence-electron chi connectivity index (χ1n) is 7.24. The van der Waals surface area contributed by atoms with Crippen LogP contribution in [0.2, 0.25) is 0 Å². The Kier molecular flexibility index (Phi) is 3.10. The fraction of sp³-hybridized carbons (Fsp3) is 0. The maximum Gasteiger partial charge on any atom is 0.137 e. The van der Waals surface area contributed by atoms with E-state index in [1.54, 1.807) is 12.4 Å². The second-order valence-electron chi connectivity index (χ2n) is 5.22. The van der Waals surface area contributed by atoms with Gasteiger partial charge >= 0.3 is 0 Å². The van der Waals surface area contributed by atoms with Crippen molar-refractivity contribution in [2.45, 2.75) is 0 Å². The molecule has 0 aliphatic heterocycles. The van der Waals surface area contributed by atoms with E-state index in [-0.39, 0.29) is 0 Å². The van der Waals surface area contributed by atoms with E-state index in [9.17, 15) is 5.26 Å². The first kappa shape index (κ1) is 13.2. The predicted octanol–water partition coefficient (Wildman–Crippen LogP) is 4.18. The normalized spacial score (nSPS) is 11.7.